The van der Waals surface area contributed by atoms with Gasteiger partial charge in [0.2, 0.25) is 0 Å². The molecular weight excluding hydrogens is 240 g/mol. The van der Waals surface area contributed by atoms with E-state index >= 15 is 0 Å². The van der Waals surface area contributed by atoms with Crippen LogP contribution in [0.15, 0.2) is 24.3 Å². The first-order valence-corrected chi connectivity index (χ1v) is 6.62. The molecule has 0 atom stereocenters. The average Bonchev–Trinajstić information content (AvgIpc) is 2.29. The summed E-state index contributed by atoms with van der Waals surface area (Å²) in [6.07, 6.45) is 2.15. The minimum Gasteiger partial charge on any atom is -0.481 e. The number of aliphatic carboxylic acids is 1. The van der Waals surface area contributed by atoms with Crippen LogP contribution in [0.2, 0.25) is 0 Å². The van der Waals surface area contributed by atoms with Crippen molar-refractivity contribution in [2.75, 3.05) is 0 Å². The van der Waals surface area contributed by atoms with Gasteiger partial charge in [-0.15, -0.1) is 0 Å². The first kappa shape index (κ1) is 17.4. The quantitative estimate of drug-likeness (QED) is 0.815. The van der Waals surface area contributed by atoms with Crippen LogP contribution in [-0.2, 0) is 4.79 Å². The molecule has 0 aliphatic rings. The predicted molar refractivity (Wildman–Crippen MR) is 77.5 cm³/mol. The third kappa shape index (κ3) is 10.0. The smallest absolute Gasteiger partial charge is 0.303 e. The van der Waals surface area contributed by atoms with Gasteiger partial charge in [0.15, 0.2) is 5.78 Å². The number of carbonyl (C=O) groups excluding carboxylic acids is 1. The van der Waals surface area contributed by atoms with Crippen molar-refractivity contribution in [3.8, 4) is 0 Å². The molecule has 19 heavy (non-hydrogen) atoms. The fraction of sp³-hybridized carbons (Fsp3) is 0.500. The highest BCUT2D eigenvalue weighted by Gasteiger charge is 1.97. The lowest BCUT2D eigenvalue weighted by Gasteiger charge is -1.99. The molecule has 0 aliphatic carbocycles. The van der Waals surface area contributed by atoms with Gasteiger partial charge in [0.05, 0.1) is 0 Å². The summed E-state index contributed by atoms with van der Waals surface area (Å²) in [6.45, 7) is 7.78. The van der Waals surface area contributed by atoms with Crippen LogP contribution in [0.5, 0.6) is 0 Å². The third-order valence-electron chi connectivity index (χ3n) is 2.63. The van der Waals surface area contributed by atoms with Crippen molar-refractivity contribution in [2.24, 2.45) is 5.92 Å². The second-order valence-electron chi connectivity index (χ2n) is 5.10. The Labute approximate surface area is 115 Å². The fourth-order valence-corrected chi connectivity index (χ4v) is 1.45. The summed E-state index contributed by atoms with van der Waals surface area (Å²) in [6, 6.07) is 7.57. The van der Waals surface area contributed by atoms with Gasteiger partial charge in [-0.1, -0.05) is 50.1 Å². The van der Waals surface area contributed by atoms with Crippen LogP contribution in [0.3, 0.4) is 0 Å². The highest BCUT2D eigenvalue weighted by molar-refractivity contribution is 5.93. The van der Waals surface area contributed by atoms with E-state index in [2.05, 4.69) is 13.8 Å². The van der Waals surface area contributed by atoms with E-state index in [0.717, 1.165) is 18.4 Å². The Balaban J connectivity index is 0.000000344. The van der Waals surface area contributed by atoms with Crippen LogP contribution in [0.1, 0.15) is 56.0 Å². The molecule has 1 aromatic carbocycles. The summed E-state index contributed by atoms with van der Waals surface area (Å²) < 4.78 is 0. The third-order valence-corrected chi connectivity index (χ3v) is 2.63. The first-order chi connectivity index (χ1) is 8.82. The van der Waals surface area contributed by atoms with Crippen LogP contribution in [0.25, 0.3) is 0 Å². The van der Waals surface area contributed by atoms with Gasteiger partial charge in [0.25, 0.3) is 0 Å². The number of hydrogen-bond donors (Lipinski definition) is 1. The number of Topliss-reactive ketones (excluding diaryl/α,β-unsaturated/α-hetero) is 1. The second-order valence-corrected chi connectivity index (χ2v) is 5.10. The molecule has 0 aliphatic heterocycles. The molecule has 0 saturated carbocycles. The van der Waals surface area contributed by atoms with E-state index in [4.69, 9.17) is 5.11 Å². The molecule has 3 heteroatoms. The summed E-state index contributed by atoms with van der Waals surface area (Å²) >= 11 is 0. The molecule has 1 N–H and O–H groups in total. The molecule has 106 valence electrons. The maximum absolute atomic E-state index is 10.8. The number of aryl methyl sites for hydroxylation is 1. The van der Waals surface area contributed by atoms with Crippen molar-refractivity contribution in [3.05, 3.63) is 35.4 Å². The van der Waals surface area contributed by atoms with Crippen molar-refractivity contribution < 1.29 is 14.7 Å². The molecule has 0 unspecified atom stereocenters. The second kappa shape index (κ2) is 9.31. The molecule has 1 aromatic rings. The average molecular weight is 264 g/mol. The topological polar surface area (TPSA) is 54.4 Å². The Morgan fingerprint density at radius 3 is 2.05 bits per heavy atom. The minimum atomic E-state index is -0.685. The van der Waals surface area contributed by atoms with Gasteiger partial charge in [-0.25, -0.2) is 0 Å². The minimum absolute atomic E-state index is 0.125. The zero-order chi connectivity index (χ0) is 14.8. The summed E-state index contributed by atoms with van der Waals surface area (Å²) in [4.78, 5) is 20.7. The van der Waals surface area contributed by atoms with E-state index < -0.39 is 5.97 Å². The SMILES string of the molecule is CC(=O)c1ccc(C)cc1.CC(C)CCCC(=O)O. The van der Waals surface area contributed by atoms with Crippen LogP contribution in [0.4, 0.5) is 0 Å². The van der Waals surface area contributed by atoms with Crippen molar-refractivity contribution in [2.45, 2.75) is 47.0 Å². The van der Waals surface area contributed by atoms with Gasteiger partial charge >= 0.3 is 5.97 Å². The lowest BCUT2D eigenvalue weighted by Crippen LogP contribution is -1.95. The number of ketones is 1. The van der Waals surface area contributed by atoms with E-state index in [-0.39, 0.29) is 5.78 Å². The highest BCUT2D eigenvalue weighted by Crippen LogP contribution is 2.05. The Bertz CT molecular complexity index is 391. The van der Waals surface area contributed by atoms with E-state index in [0.29, 0.717) is 12.3 Å². The predicted octanol–water partition coefficient (Wildman–Crippen LogP) is 4.09. The molecule has 0 fully saturated rings. The van der Waals surface area contributed by atoms with E-state index in [1.54, 1.807) is 6.92 Å². The zero-order valence-electron chi connectivity index (χ0n) is 12.3. The molecule has 3 nitrogen and oxygen atoms in total. The van der Waals surface area contributed by atoms with Gasteiger partial charge in [-0.05, 0) is 26.2 Å². The molecular formula is C16H24O3. The van der Waals surface area contributed by atoms with Crippen molar-refractivity contribution in [1.29, 1.82) is 0 Å². The largest absolute Gasteiger partial charge is 0.481 e. The van der Waals surface area contributed by atoms with Crippen LogP contribution >= 0.6 is 0 Å². The molecule has 0 amide bonds. The Hall–Kier alpha value is -1.64. The van der Waals surface area contributed by atoms with Gasteiger partial charge in [0.1, 0.15) is 0 Å². The molecule has 0 heterocycles. The molecule has 0 radical (unpaired) electrons. The maximum atomic E-state index is 10.8. The van der Waals surface area contributed by atoms with Crippen molar-refractivity contribution in [1.82, 2.24) is 0 Å². The summed E-state index contributed by atoms with van der Waals surface area (Å²) in [5.74, 6) is 0.0694. The van der Waals surface area contributed by atoms with Crippen LogP contribution in [-0.4, -0.2) is 16.9 Å². The summed E-state index contributed by atoms with van der Waals surface area (Å²) in [5, 5.41) is 8.23. The number of carbonyl (C=O) groups is 2. The summed E-state index contributed by atoms with van der Waals surface area (Å²) in [5.41, 5.74) is 1.97. The van der Waals surface area contributed by atoms with Gasteiger partial charge < -0.3 is 5.11 Å². The van der Waals surface area contributed by atoms with Crippen LogP contribution < -0.4 is 0 Å². The molecule has 0 saturated heterocycles. The highest BCUT2D eigenvalue weighted by atomic mass is 16.4. The van der Waals surface area contributed by atoms with E-state index in [1.165, 1.54) is 5.56 Å². The number of rotatable bonds is 5. The Morgan fingerprint density at radius 2 is 1.68 bits per heavy atom. The van der Waals surface area contributed by atoms with Gasteiger partial charge in [0, 0.05) is 12.0 Å². The number of hydrogen-bond acceptors (Lipinski definition) is 2. The van der Waals surface area contributed by atoms with Gasteiger partial charge in [-0.3, -0.25) is 9.59 Å². The molecule has 1 rings (SSSR count). The Kier molecular flexibility index (Phi) is 8.51. The lowest BCUT2D eigenvalue weighted by molar-refractivity contribution is -0.137. The first-order valence-electron chi connectivity index (χ1n) is 6.62. The maximum Gasteiger partial charge on any atom is 0.303 e. The van der Waals surface area contributed by atoms with E-state index in [9.17, 15) is 9.59 Å². The molecule has 0 spiro atoms. The van der Waals surface area contributed by atoms with Crippen molar-refractivity contribution >= 4 is 11.8 Å². The van der Waals surface area contributed by atoms with E-state index in [1.807, 2.05) is 31.2 Å². The number of carboxylic acids is 1. The molecule has 0 bridgehead atoms. The normalized spacial score (nSPS) is 9.74. The fourth-order valence-electron chi connectivity index (χ4n) is 1.45. The number of benzene rings is 1. The number of carboxylic acid groups (broad SMARTS) is 1. The lowest BCUT2D eigenvalue weighted by atomic mass is 10.1. The van der Waals surface area contributed by atoms with Crippen LogP contribution in [0, 0.1) is 12.8 Å². The molecule has 0 aromatic heterocycles. The summed E-state index contributed by atoms with van der Waals surface area (Å²) in [7, 11) is 0. The van der Waals surface area contributed by atoms with Crippen molar-refractivity contribution in [3.63, 3.8) is 0 Å². The zero-order valence-corrected chi connectivity index (χ0v) is 12.3. The monoisotopic (exact) mass is 264 g/mol. The van der Waals surface area contributed by atoms with Gasteiger partial charge in [-0.2, -0.15) is 0 Å². The Morgan fingerprint density at radius 1 is 1.16 bits per heavy atom. The standard InChI is InChI=1S/C9H10O.C7H14O2/c1-7-3-5-9(6-4-7)8(2)10;1-6(2)4-3-5-7(8)9/h3-6H,1-2H3;6H,3-5H2,1-2H3,(H,8,9).